The molecule has 1 heterocycles. The van der Waals surface area contributed by atoms with Crippen molar-refractivity contribution in [1.29, 1.82) is 0 Å². The van der Waals surface area contributed by atoms with E-state index in [1.807, 2.05) is 6.92 Å². The third kappa shape index (κ3) is 3.62. The summed E-state index contributed by atoms with van der Waals surface area (Å²) >= 11 is 0. The van der Waals surface area contributed by atoms with E-state index in [0.717, 1.165) is 23.7 Å². The van der Waals surface area contributed by atoms with Gasteiger partial charge in [-0.05, 0) is 62.3 Å². The maximum atomic E-state index is 4.56. The van der Waals surface area contributed by atoms with Crippen LogP contribution in [0.2, 0.25) is 0 Å². The van der Waals surface area contributed by atoms with Crippen LogP contribution in [0.5, 0.6) is 0 Å². The summed E-state index contributed by atoms with van der Waals surface area (Å²) < 4.78 is 0. The summed E-state index contributed by atoms with van der Waals surface area (Å²) in [6.07, 6.45) is 6.83. The molecule has 1 aliphatic carbocycles. The van der Waals surface area contributed by atoms with Crippen molar-refractivity contribution < 1.29 is 0 Å². The molecule has 0 aliphatic heterocycles. The summed E-state index contributed by atoms with van der Waals surface area (Å²) in [7, 11) is 0. The molecule has 0 unspecified atom stereocenters. The molecule has 0 amide bonds. The van der Waals surface area contributed by atoms with E-state index < -0.39 is 0 Å². The maximum Gasteiger partial charge on any atom is 0.0705 e. The predicted molar refractivity (Wildman–Crippen MR) is 89.4 cm³/mol. The first-order valence-electron chi connectivity index (χ1n) is 8.34. The van der Waals surface area contributed by atoms with Crippen LogP contribution >= 0.6 is 0 Å². The first-order valence-corrected chi connectivity index (χ1v) is 8.34. The van der Waals surface area contributed by atoms with Gasteiger partial charge in [-0.2, -0.15) is 0 Å². The molecule has 2 nitrogen and oxygen atoms in total. The van der Waals surface area contributed by atoms with Crippen LogP contribution in [0, 0.1) is 12.8 Å². The van der Waals surface area contributed by atoms with E-state index in [9.17, 15) is 0 Å². The molecule has 0 atom stereocenters. The molecule has 0 bridgehead atoms. The van der Waals surface area contributed by atoms with Crippen LogP contribution in [0.15, 0.2) is 30.3 Å². The third-order valence-corrected chi connectivity index (χ3v) is 4.91. The van der Waals surface area contributed by atoms with Crippen molar-refractivity contribution in [1.82, 2.24) is 10.3 Å². The van der Waals surface area contributed by atoms with Gasteiger partial charge in [0.05, 0.1) is 5.52 Å². The molecule has 1 aliphatic rings. The minimum atomic E-state index is 0.708. The molecule has 2 heteroatoms. The van der Waals surface area contributed by atoms with Crippen molar-refractivity contribution in [3.05, 3.63) is 41.6 Å². The van der Waals surface area contributed by atoms with E-state index in [4.69, 9.17) is 0 Å². The van der Waals surface area contributed by atoms with Gasteiger partial charge in [0, 0.05) is 23.7 Å². The zero-order chi connectivity index (χ0) is 14.7. The first kappa shape index (κ1) is 14.5. The fourth-order valence-corrected chi connectivity index (χ4v) is 3.42. The average Bonchev–Trinajstić information content (AvgIpc) is 2.53. The lowest BCUT2D eigenvalue weighted by Crippen LogP contribution is -2.32. The number of fused-ring (bicyclic) bond motifs is 1. The normalized spacial score (nSPS) is 22.6. The molecule has 0 saturated heterocycles. The van der Waals surface area contributed by atoms with E-state index in [-0.39, 0.29) is 0 Å². The van der Waals surface area contributed by atoms with Crippen LogP contribution in [0.1, 0.15) is 50.3 Å². The fraction of sp³-hybridized carbons (Fsp3) is 0.526. The van der Waals surface area contributed by atoms with Crippen LogP contribution in [-0.4, -0.2) is 11.0 Å². The summed E-state index contributed by atoms with van der Waals surface area (Å²) in [5.74, 6) is 0.970. The lowest BCUT2D eigenvalue weighted by atomic mass is 9.84. The van der Waals surface area contributed by atoms with Gasteiger partial charge in [0.25, 0.3) is 0 Å². The molecule has 3 rings (SSSR count). The van der Waals surface area contributed by atoms with Crippen LogP contribution in [0.3, 0.4) is 0 Å². The van der Waals surface area contributed by atoms with E-state index in [0.29, 0.717) is 6.04 Å². The van der Waals surface area contributed by atoms with Gasteiger partial charge in [-0.1, -0.05) is 25.5 Å². The lowest BCUT2D eigenvalue weighted by Gasteiger charge is -2.28. The van der Waals surface area contributed by atoms with Crippen LogP contribution in [-0.2, 0) is 6.54 Å². The Labute approximate surface area is 128 Å². The van der Waals surface area contributed by atoms with Crippen molar-refractivity contribution in [3.8, 4) is 0 Å². The van der Waals surface area contributed by atoms with E-state index in [1.165, 1.54) is 43.1 Å². The smallest absolute Gasteiger partial charge is 0.0705 e. The second-order valence-electron chi connectivity index (χ2n) is 6.49. The summed E-state index contributed by atoms with van der Waals surface area (Å²) in [5.41, 5.74) is 3.55. The molecule has 2 aromatic rings. The highest BCUT2D eigenvalue weighted by molar-refractivity contribution is 5.79. The fourth-order valence-electron chi connectivity index (χ4n) is 3.42. The van der Waals surface area contributed by atoms with Crippen LogP contribution in [0.4, 0.5) is 0 Å². The van der Waals surface area contributed by atoms with Gasteiger partial charge in [-0.25, -0.2) is 0 Å². The predicted octanol–water partition coefficient (Wildman–Crippen LogP) is 4.60. The number of hydrogen-bond donors (Lipinski definition) is 1. The molecule has 1 aromatic carbocycles. The minimum Gasteiger partial charge on any atom is -0.310 e. The van der Waals surface area contributed by atoms with Crippen LogP contribution in [0.25, 0.3) is 10.9 Å². The summed E-state index contributed by atoms with van der Waals surface area (Å²) in [5, 5.41) is 4.98. The number of aryl methyl sites for hydroxylation is 1. The second-order valence-corrected chi connectivity index (χ2v) is 6.49. The number of rotatable bonds is 4. The molecule has 21 heavy (non-hydrogen) atoms. The average molecular weight is 282 g/mol. The van der Waals surface area contributed by atoms with E-state index >= 15 is 0 Å². The second kappa shape index (κ2) is 6.57. The number of nitrogens with one attached hydrogen (secondary N) is 1. The molecule has 1 N–H and O–H groups in total. The van der Waals surface area contributed by atoms with Crippen molar-refractivity contribution in [2.24, 2.45) is 5.92 Å². The highest BCUT2D eigenvalue weighted by atomic mass is 14.9. The van der Waals surface area contributed by atoms with Gasteiger partial charge < -0.3 is 5.32 Å². The summed E-state index contributed by atoms with van der Waals surface area (Å²) in [6.45, 7) is 5.34. The quantitative estimate of drug-likeness (QED) is 0.886. The molecule has 1 fully saturated rings. The van der Waals surface area contributed by atoms with Crippen molar-refractivity contribution in [2.45, 2.75) is 58.5 Å². The van der Waals surface area contributed by atoms with Crippen molar-refractivity contribution in [2.75, 3.05) is 0 Å². The molecule has 1 saturated carbocycles. The van der Waals surface area contributed by atoms with Crippen molar-refractivity contribution in [3.63, 3.8) is 0 Å². The largest absolute Gasteiger partial charge is 0.310 e. The monoisotopic (exact) mass is 282 g/mol. The Morgan fingerprint density at radius 2 is 1.90 bits per heavy atom. The number of hydrogen-bond acceptors (Lipinski definition) is 2. The maximum absolute atomic E-state index is 4.56. The van der Waals surface area contributed by atoms with E-state index in [2.05, 4.69) is 47.6 Å². The number of benzene rings is 1. The Bertz CT molecular complexity index is 598. The summed E-state index contributed by atoms with van der Waals surface area (Å²) in [6, 6.07) is 11.6. The Morgan fingerprint density at radius 3 is 2.67 bits per heavy atom. The number of pyridine rings is 1. The van der Waals surface area contributed by atoms with Gasteiger partial charge >= 0.3 is 0 Å². The molecular weight excluding hydrogens is 256 g/mol. The number of aromatic nitrogens is 1. The highest BCUT2D eigenvalue weighted by Gasteiger charge is 2.19. The first-order chi connectivity index (χ1) is 10.2. The Morgan fingerprint density at radius 1 is 1.10 bits per heavy atom. The zero-order valence-corrected chi connectivity index (χ0v) is 13.2. The van der Waals surface area contributed by atoms with Crippen molar-refractivity contribution >= 4 is 10.9 Å². The molecule has 112 valence electrons. The van der Waals surface area contributed by atoms with Crippen LogP contribution < -0.4 is 5.32 Å². The third-order valence-electron chi connectivity index (χ3n) is 4.91. The zero-order valence-electron chi connectivity index (χ0n) is 13.2. The van der Waals surface area contributed by atoms with Gasteiger partial charge in [-0.3, -0.25) is 4.98 Å². The molecular formula is C19H26N2. The number of nitrogens with zero attached hydrogens (tertiary/aromatic N) is 1. The summed E-state index contributed by atoms with van der Waals surface area (Å²) in [4.78, 5) is 4.56. The molecule has 0 radical (unpaired) electrons. The van der Waals surface area contributed by atoms with Gasteiger partial charge in [0.2, 0.25) is 0 Å². The Kier molecular flexibility index (Phi) is 4.54. The Hall–Kier alpha value is -1.41. The molecule has 0 spiro atoms. The lowest BCUT2D eigenvalue weighted by molar-refractivity contribution is 0.285. The minimum absolute atomic E-state index is 0.708. The van der Waals surface area contributed by atoms with E-state index in [1.54, 1.807) is 0 Å². The molecule has 1 aromatic heterocycles. The SMILES string of the molecule is CCC1CCC(NCc2ccc3nc(C)ccc3c2)CC1. The Balaban J connectivity index is 1.59. The highest BCUT2D eigenvalue weighted by Crippen LogP contribution is 2.26. The van der Waals surface area contributed by atoms with Gasteiger partial charge in [-0.15, -0.1) is 0 Å². The standard InChI is InChI=1S/C19H26N2/c1-3-15-5-9-18(10-6-15)20-13-16-7-11-19-17(12-16)8-4-14(2)21-19/h4,7-8,11-12,15,18,20H,3,5-6,9-10,13H2,1-2H3. The topological polar surface area (TPSA) is 24.9 Å². The van der Waals surface area contributed by atoms with Gasteiger partial charge in [0.15, 0.2) is 0 Å². The van der Waals surface area contributed by atoms with Gasteiger partial charge in [0.1, 0.15) is 0 Å².